The molecule has 1 N–H and O–H groups in total. The molecule has 0 radical (unpaired) electrons. The summed E-state index contributed by atoms with van der Waals surface area (Å²) in [7, 11) is 1.87. The van der Waals surface area contributed by atoms with Crippen LogP contribution in [-0.4, -0.2) is 34.6 Å². The molecule has 30 heavy (non-hydrogen) atoms. The summed E-state index contributed by atoms with van der Waals surface area (Å²) < 4.78 is 20.5. The van der Waals surface area contributed by atoms with E-state index in [-0.39, 0.29) is 23.1 Å². The Morgan fingerprint density at radius 2 is 2.00 bits per heavy atom. The number of aryl methyl sites for hydroxylation is 1. The molecule has 0 unspecified atom stereocenters. The number of hydrogen-bond acceptors (Lipinski definition) is 6. The molecule has 156 valence electrons. The molecule has 2 aromatic heterocycles. The molecule has 0 amide bonds. The highest BCUT2D eigenvalue weighted by Crippen LogP contribution is 2.45. The number of nitrogens with zero attached hydrogens (tertiary/aromatic N) is 3. The molecule has 2 fully saturated rings. The van der Waals surface area contributed by atoms with Crippen LogP contribution in [0.1, 0.15) is 31.4 Å². The van der Waals surface area contributed by atoms with Gasteiger partial charge >= 0.3 is 0 Å². The van der Waals surface area contributed by atoms with Crippen LogP contribution in [0.2, 0.25) is 0 Å². The molecular weight excluding hydrogens is 385 g/mol. The quantitative estimate of drug-likeness (QED) is 0.698. The van der Waals surface area contributed by atoms with Crippen LogP contribution in [0.15, 0.2) is 39.5 Å². The fourth-order valence-electron chi connectivity index (χ4n) is 5.12. The van der Waals surface area contributed by atoms with Gasteiger partial charge in [0.1, 0.15) is 23.3 Å². The minimum atomic E-state index is -0.845. The van der Waals surface area contributed by atoms with E-state index in [1.165, 1.54) is 12.1 Å². The van der Waals surface area contributed by atoms with Crippen LogP contribution in [-0.2, 0) is 0 Å². The Bertz CT molecular complexity index is 1160. The van der Waals surface area contributed by atoms with E-state index in [0.717, 1.165) is 25.7 Å². The molecule has 2 heterocycles. The second-order valence-corrected chi connectivity index (χ2v) is 8.66. The molecule has 2 aliphatic carbocycles. The zero-order chi connectivity index (χ0) is 21.0. The fraction of sp³-hybridized carbons (Fsp3) is 0.435. The number of anilines is 1. The van der Waals surface area contributed by atoms with Crippen LogP contribution >= 0.6 is 0 Å². The first kappa shape index (κ1) is 19.0. The summed E-state index contributed by atoms with van der Waals surface area (Å²) in [6, 6.07) is 7.75. The number of halogens is 1. The van der Waals surface area contributed by atoms with E-state index in [2.05, 4.69) is 10.2 Å². The predicted molar refractivity (Wildman–Crippen MR) is 112 cm³/mol. The van der Waals surface area contributed by atoms with E-state index in [0.29, 0.717) is 39.7 Å². The lowest BCUT2D eigenvalue weighted by atomic mass is 9.83. The molecule has 5 rings (SSSR count). The molecule has 2 aliphatic rings. The van der Waals surface area contributed by atoms with Crippen molar-refractivity contribution in [3.05, 3.63) is 46.3 Å². The second kappa shape index (κ2) is 7.07. The highest BCUT2D eigenvalue weighted by Gasteiger charge is 2.44. The maximum absolute atomic E-state index is 14.9. The summed E-state index contributed by atoms with van der Waals surface area (Å²) >= 11 is 0. The van der Waals surface area contributed by atoms with Gasteiger partial charge in [0.25, 0.3) is 0 Å². The number of rotatable bonds is 3. The molecule has 0 spiro atoms. The van der Waals surface area contributed by atoms with Crippen LogP contribution in [0, 0.1) is 18.8 Å². The smallest absolute Gasteiger partial charge is 0.192 e. The van der Waals surface area contributed by atoms with Crippen molar-refractivity contribution in [1.82, 2.24) is 10.2 Å². The van der Waals surface area contributed by atoms with Crippen LogP contribution in [0.4, 0.5) is 10.2 Å². The average molecular weight is 409 g/mol. The normalized spacial score (nSPS) is 25.6. The lowest BCUT2D eigenvalue weighted by Gasteiger charge is -2.38. The first-order chi connectivity index (χ1) is 14.4. The molecule has 3 aromatic rings. The van der Waals surface area contributed by atoms with Crippen LogP contribution in [0.3, 0.4) is 0 Å². The van der Waals surface area contributed by atoms with Crippen LogP contribution in [0.5, 0.6) is 5.75 Å². The maximum Gasteiger partial charge on any atom is 0.192 e. The Hall–Kier alpha value is -2.96. The highest BCUT2D eigenvalue weighted by atomic mass is 19.1. The first-order valence-corrected chi connectivity index (χ1v) is 10.4. The fourth-order valence-corrected chi connectivity index (χ4v) is 5.12. The molecule has 0 aliphatic heterocycles. The number of benzene rings is 1. The SMILES string of the molecule is Cc1cc(=O)c2cc(-c3ccc(N(C)[C@H]4C[C@@H]5CC[C@@H](C5)[C@H]4F)nn3)c(O)cc2o1. The Labute approximate surface area is 173 Å². The molecule has 0 saturated heterocycles. The molecular formula is C23H24FN3O3. The van der Waals surface area contributed by atoms with Crippen molar-refractivity contribution in [2.45, 2.75) is 44.8 Å². The summed E-state index contributed by atoms with van der Waals surface area (Å²) in [5.41, 5.74) is 0.984. The third kappa shape index (κ3) is 3.13. The van der Waals surface area contributed by atoms with E-state index in [1.807, 2.05) is 11.9 Å². The van der Waals surface area contributed by atoms with E-state index in [1.54, 1.807) is 25.1 Å². The number of aromatic nitrogens is 2. The van der Waals surface area contributed by atoms with Crippen molar-refractivity contribution in [3.63, 3.8) is 0 Å². The van der Waals surface area contributed by atoms with Gasteiger partial charge in [-0.1, -0.05) is 0 Å². The van der Waals surface area contributed by atoms with Gasteiger partial charge in [-0.05, 0) is 62.6 Å². The van der Waals surface area contributed by atoms with Gasteiger partial charge in [-0.3, -0.25) is 4.79 Å². The number of aromatic hydroxyl groups is 1. The third-order valence-electron chi connectivity index (χ3n) is 6.73. The van der Waals surface area contributed by atoms with Gasteiger partial charge in [-0.2, -0.15) is 0 Å². The number of alkyl halides is 1. The van der Waals surface area contributed by atoms with Crippen molar-refractivity contribution < 1.29 is 13.9 Å². The second-order valence-electron chi connectivity index (χ2n) is 8.66. The third-order valence-corrected chi connectivity index (χ3v) is 6.73. The lowest BCUT2D eigenvalue weighted by molar-refractivity contribution is 0.144. The van der Waals surface area contributed by atoms with E-state index < -0.39 is 6.17 Å². The number of fused-ring (bicyclic) bond motifs is 3. The zero-order valence-electron chi connectivity index (χ0n) is 17.0. The molecule has 2 saturated carbocycles. The number of phenolic OH excluding ortho intramolecular Hbond substituents is 1. The van der Waals surface area contributed by atoms with Gasteiger partial charge in [0.05, 0.1) is 17.1 Å². The van der Waals surface area contributed by atoms with Gasteiger partial charge in [0.2, 0.25) is 0 Å². The molecule has 7 heteroatoms. The van der Waals surface area contributed by atoms with Crippen molar-refractivity contribution in [2.24, 2.45) is 11.8 Å². The average Bonchev–Trinajstić information content (AvgIpc) is 3.13. The van der Waals surface area contributed by atoms with Gasteiger partial charge in [0, 0.05) is 24.7 Å². The Balaban J connectivity index is 1.45. The highest BCUT2D eigenvalue weighted by molar-refractivity contribution is 5.86. The summed E-state index contributed by atoms with van der Waals surface area (Å²) in [6.45, 7) is 1.69. The summed E-state index contributed by atoms with van der Waals surface area (Å²) in [6.07, 6.45) is 3.11. The van der Waals surface area contributed by atoms with E-state index >= 15 is 0 Å². The first-order valence-electron chi connectivity index (χ1n) is 10.4. The van der Waals surface area contributed by atoms with Gasteiger partial charge in [-0.15, -0.1) is 10.2 Å². The topological polar surface area (TPSA) is 79.5 Å². The monoisotopic (exact) mass is 409 g/mol. The largest absolute Gasteiger partial charge is 0.507 e. The van der Waals surface area contributed by atoms with E-state index in [9.17, 15) is 14.3 Å². The summed E-state index contributed by atoms with van der Waals surface area (Å²) in [4.78, 5) is 14.2. The Morgan fingerprint density at radius 1 is 1.17 bits per heavy atom. The lowest BCUT2D eigenvalue weighted by Crippen LogP contribution is -2.46. The minimum absolute atomic E-state index is 0.0423. The Kier molecular flexibility index (Phi) is 4.49. The molecule has 4 atom stereocenters. The number of hydrogen-bond donors (Lipinski definition) is 1. The zero-order valence-corrected chi connectivity index (χ0v) is 17.0. The van der Waals surface area contributed by atoms with Crippen LogP contribution in [0.25, 0.3) is 22.2 Å². The summed E-state index contributed by atoms with van der Waals surface area (Å²) in [5, 5.41) is 19.3. The van der Waals surface area contributed by atoms with E-state index in [4.69, 9.17) is 4.42 Å². The summed E-state index contributed by atoms with van der Waals surface area (Å²) in [5.74, 6) is 1.80. The van der Waals surface area contributed by atoms with Gasteiger partial charge in [-0.25, -0.2) is 4.39 Å². The molecule has 6 nitrogen and oxygen atoms in total. The standard InChI is InChI=1S/C23H24FN3O3/c1-12-7-19(28)16-10-15(20(29)11-21(16)30-12)17-5-6-22(26-25-17)27(2)18-9-13-3-4-14(8-13)23(18)24/h5-7,10-11,13-14,18,23,29H,3-4,8-9H2,1-2H3/t13-,14+,18+,23-/m1/s1. The number of phenols is 1. The predicted octanol–water partition coefficient (Wildman–Crippen LogP) is 4.23. The van der Waals surface area contributed by atoms with Crippen molar-refractivity contribution in [2.75, 3.05) is 11.9 Å². The van der Waals surface area contributed by atoms with Crippen molar-refractivity contribution >= 4 is 16.8 Å². The minimum Gasteiger partial charge on any atom is -0.507 e. The molecule has 1 aromatic carbocycles. The van der Waals surface area contributed by atoms with Gasteiger partial charge in [0.15, 0.2) is 11.2 Å². The Morgan fingerprint density at radius 3 is 2.77 bits per heavy atom. The van der Waals surface area contributed by atoms with Crippen molar-refractivity contribution in [3.8, 4) is 17.0 Å². The maximum atomic E-state index is 14.9. The van der Waals surface area contributed by atoms with Crippen LogP contribution < -0.4 is 10.3 Å². The molecule has 2 bridgehead atoms. The van der Waals surface area contributed by atoms with Gasteiger partial charge < -0.3 is 14.4 Å². The van der Waals surface area contributed by atoms with Crippen molar-refractivity contribution in [1.29, 1.82) is 0 Å².